The summed E-state index contributed by atoms with van der Waals surface area (Å²) in [7, 11) is 0. The highest BCUT2D eigenvalue weighted by Gasteiger charge is 2.38. The van der Waals surface area contributed by atoms with Gasteiger partial charge in [0.2, 0.25) is 0 Å². The number of furan rings is 1. The van der Waals surface area contributed by atoms with E-state index in [2.05, 4.69) is 13.2 Å². The van der Waals surface area contributed by atoms with Gasteiger partial charge >= 0.3 is 18.1 Å². The molecule has 3 aromatic carbocycles. The summed E-state index contributed by atoms with van der Waals surface area (Å²) < 4.78 is 59.1. The average molecular weight is 508 g/mol. The van der Waals surface area contributed by atoms with E-state index in [-0.39, 0.29) is 29.1 Å². The molecule has 0 N–H and O–H groups in total. The smallest absolute Gasteiger partial charge is 0.420 e. The van der Waals surface area contributed by atoms with Gasteiger partial charge in [-0.1, -0.05) is 43.5 Å². The summed E-state index contributed by atoms with van der Waals surface area (Å²) in [5.74, 6) is -1.00. The van der Waals surface area contributed by atoms with Gasteiger partial charge in [-0.25, -0.2) is 9.59 Å². The van der Waals surface area contributed by atoms with Crippen molar-refractivity contribution in [2.45, 2.75) is 25.9 Å². The Kier molecular flexibility index (Phi) is 7.20. The topological polar surface area (TPSA) is 65.7 Å². The second-order valence-electron chi connectivity index (χ2n) is 8.33. The lowest BCUT2D eigenvalue weighted by Crippen LogP contribution is -2.08. The zero-order chi connectivity index (χ0) is 26.7. The number of benzene rings is 3. The predicted octanol–water partition coefficient (Wildman–Crippen LogP) is 7.33. The molecule has 0 spiro atoms. The van der Waals surface area contributed by atoms with Crippen LogP contribution in [0.25, 0.3) is 33.1 Å². The van der Waals surface area contributed by atoms with E-state index in [4.69, 9.17) is 13.9 Å². The molecule has 0 saturated heterocycles. The molecule has 0 fully saturated rings. The number of carbonyl (C=O) groups is 2. The molecule has 0 bridgehead atoms. The van der Waals surface area contributed by atoms with Crippen molar-refractivity contribution >= 4 is 33.9 Å². The lowest BCUT2D eigenvalue weighted by Gasteiger charge is -2.14. The van der Waals surface area contributed by atoms with Crippen LogP contribution in [0.15, 0.2) is 78.3 Å². The molecule has 0 amide bonds. The van der Waals surface area contributed by atoms with Crippen LogP contribution in [0, 0.1) is 6.92 Å². The molecule has 0 radical (unpaired) electrons. The minimum Gasteiger partial charge on any atom is -0.463 e. The van der Waals surface area contributed by atoms with Crippen molar-refractivity contribution in [3.8, 4) is 16.9 Å². The number of ether oxygens (including phenoxy) is 2. The van der Waals surface area contributed by atoms with Crippen LogP contribution in [-0.2, 0) is 26.9 Å². The second kappa shape index (κ2) is 10.3. The van der Waals surface area contributed by atoms with E-state index in [1.165, 1.54) is 12.1 Å². The van der Waals surface area contributed by atoms with E-state index in [9.17, 15) is 22.8 Å². The number of alkyl halides is 3. The Labute approximate surface area is 210 Å². The number of carbonyl (C=O) groups excluding carboxylic acids is 2. The molecule has 0 aliphatic rings. The molecule has 4 aromatic rings. The van der Waals surface area contributed by atoms with E-state index < -0.39 is 23.7 Å². The summed E-state index contributed by atoms with van der Waals surface area (Å²) in [4.78, 5) is 22.7. The second-order valence-corrected chi connectivity index (χ2v) is 8.33. The maximum absolute atomic E-state index is 14.4. The molecule has 0 unspecified atom stereocenters. The zero-order valence-corrected chi connectivity index (χ0v) is 20.0. The largest absolute Gasteiger partial charge is 0.463 e. The number of hydrogen-bond acceptors (Lipinski definition) is 5. The quantitative estimate of drug-likeness (QED) is 0.108. The van der Waals surface area contributed by atoms with Gasteiger partial charge in [-0.15, -0.1) is 0 Å². The van der Waals surface area contributed by atoms with Crippen LogP contribution in [0.1, 0.15) is 23.1 Å². The van der Waals surface area contributed by atoms with Gasteiger partial charge in [0.25, 0.3) is 0 Å². The Morgan fingerprint density at radius 3 is 2.22 bits per heavy atom. The highest BCUT2D eigenvalue weighted by Crippen LogP contribution is 2.45. The van der Waals surface area contributed by atoms with Crippen LogP contribution in [0.5, 0.6) is 5.75 Å². The Morgan fingerprint density at radius 2 is 1.57 bits per heavy atom. The van der Waals surface area contributed by atoms with Gasteiger partial charge in [-0.05, 0) is 54.7 Å². The standard InChI is InChI=1S/C29H23F3O5/c1-4-24(33)35-16-6-7-18-8-10-19(11-9-18)20-12-13-22-21-14-15-23(36-25(34)5-2)17(3)27(21)37-28(22)26(20)29(30,31)32/h4-5,8-15H,1-2,6-7,16H2,3H3. The van der Waals surface area contributed by atoms with Crippen LogP contribution >= 0.6 is 0 Å². The predicted molar refractivity (Wildman–Crippen MR) is 134 cm³/mol. The molecule has 190 valence electrons. The van der Waals surface area contributed by atoms with Gasteiger partial charge in [0, 0.05) is 28.5 Å². The lowest BCUT2D eigenvalue weighted by atomic mass is 9.95. The number of aryl methyl sites for hydroxylation is 2. The summed E-state index contributed by atoms with van der Waals surface area (Å²) in [6.45, 7) is 8.52. The van der Waals surface area contributed by atoms with Crippen molar-refractivity contribution in [2.75, 3.05) is 6.61 Å². The average Bonchev–Trinajstić information content (AvgIpc) is 3.26. The normalized spacial score (nSPS) is 11.5. The molecule has 8 heteroatoms. The summed E-state index contributed by atoms with van der Waals surface area (Å²) in [5, 5.41) is 0.789. The molecule has 37 heavy (non-hydrogen) atoms. The maximum Gasteiger partial charge on any atom is 0.420 e. The molecular weight excluding hydrogens is 485 g/mol. The van der Waals surface area contributed by atoms with E-state index in [1.807, 2.05) is 0 Å². The molecule has 0 aliphatic heterocycles. The van der Waals surface area contributed by atoms with Crippen molar-refractivity contribution in [2.24, 2.45) is 0 Å². The van der Waals surface area contributed by atoms with E-state index >= 15 is 0 Å². The first-order valence-corrected chi connectivity index (χ1v) is 11.4. The summed E-state index contributed by atoms with van der Waals surface area (Å²) in [6.07, 6.45) is -1.44. The summed E-state index contributed by atoms with van der Waals surface area (Å²) >= 11 is 0. The van der Waals surface area contributed by atoms with Gasteiger partial charge in [0.05, 0.1) is 6.61 Å². The van der Waals surface area contributed by atoms with Gasteiger partial charge < -0.3 is 13.9 Å². The molecule has 4 rings (SSSR count). The van der Waals surface area contributed by atoms with Gasteiger partial charge in [0.15, 0.2) is 0 Å². The number of esters is 2. The number of fused-ring (bicyclic) bond motifs is 3. The highest BCUT2D eigenvalue weighted by atomic mass is 19.4. The first-order chi connectivity index (χ1) is 17.6. The fourth-order valence-electron chi connectivity index (χ4n) is 4.16. The molecule has 0 saturated carbocycles. The maximum atomic E-state index is 14.4. The first kappa shape index (κ1) is 25.8. The third kappa shape index (κ3) is 5.28. The van der Waals surface area contributed by atoms with Crippen molar-refractivity contribution in [3.05, 3.63) is 90.5 Å². The zero-order valence-electron chi connectivity index (χ0n) is 20.0. The Bertz CT molecular complexity index is 1510. The van der Waals surface area contributed by atoms with Crippen molar-refractivity contribution in [1.82, 2.24) is 0 Å². The number of halogens is 3. The van der Waals surface area contributed by atoms with Crippen LogP contribution in [0.3, 0.4) is 0 Å². The van der Waals surface area contributed by atoms with E-state index in [0.29, 0.717) is 34.7 Å². The Balaban J connectivity index is 1.73. The fourth-order valence-corrected chi connectivity index (χ4v) is 4.16. The van der Waals surface area contributed by atoms with Crippen molar-refractivity contribution in [1.29, 1.82) is 0 Å². The molecule has 1 heterocycles. The van der Waals surface area contributed by atoms with Crippen LogP contribution < -0.4 is 4.74 Å². The SMILES string of the molecule is C=CC(=O)OCCCc1ccc(-c2ccc3c(oc4c(C)c(OC(=O)C=C)ccc43)c2C(F)(F)F)cc1. The van der Waals surface area contributed by atoms with Crippen LogP contribution in [0.2, 0.25) is 0 Å². The van der Waals surface area contributed by atoms with E-state index in [1.54, 1.807) is 43.3 Å². The highest BCUT2D eigenvalue weighted by molar-refractivity contribution is 6.09. The summed E-state index contributed by atoms with van der Waals surface area (Å²) in [6, 6.07) is 12.9. The van der Waals surface area contributed by atoms with Crippen LogP contribution in [-0.4, -0.2) is 18.5 Å². The molecule has 0 aliphatic carbocycles. The fraction of sp³-hybridized carbons (Fsp3) is 0.172. The lowest BCUT2D eigenvalue weighted by molar-refractivity contribution is -0.138. The van der Waals surface area contributed by atoms with E-state index in [0.717, 1.165) is 17.7 Å². The van der Waals surface area contributed by atoms with Crippen molar-refractivity contribution in [3.63, 3.8) is 0 Å². The molecule has 0 atom stereocenters. The Hall–Kier alpha value is -4.33. The van der Waals surface area contributed by atoms with Crippen molar-refractivity contribution < 1.29 is 36.7 Å². The minimum atomic E-state index is -4.69. The third-order valence-electron chi connectivity index (χ3n) is 5.95. The number of hydrogen-bond donors (Lipinski definition) is 0. The van der Waals surface area contributed by atoms with Crippen LogP contribution in [0.4, 0.5) is 13.2 Å². The Morgan fingerprint density at radius 1 is 0.919 bits per heavy atom. The minimum absolute atomic E-state index is 0.0125. The monoisotopic (exact) mass is 508 g/mol. The van der Waals surface area contributed by atoms with Gasteiger partial charge in [-0.2, -0.15) is 13.2 Å². The first-order valence-electron chi connectivity index (χ1n) is 11.4. The molecule has 5 nitrogen and oxygen atoms in total. The summed E-state index contributed by atoms with van der Waals surface area (Å²) in [5.41, 5.74) is 0.711. The third-order valence-corrected chi connectivity index (χ3v) is 5.95. The van der Waals surface area contributed by atoms with Gasteiger partial charge in [-0.3, -0.25) is 0 Å². The van der Waals surface area contributed by atoms with Gasteiger partial charge in [0.1, 0.15) is 22.5 Å². The molecule has 1 aromatic heterocycles. The molecular formula is C29H23F3O5. The number of rotatable bonds is 8.